The fraction of sp³-hybridized carbons (Fsp3) is 0.280. The lowest BCUT2D eigenvalue weighted by atomic mass is 10.2. The summed E-state index contributed by atoms with van der Waals surface area (Å²) in [6.45, 7) is 2.92. The summed E-state index contributed by atoms with van der Waals surface area (Å²) in [7, 11) is 0. The van der Waals surface area contributed by atoms with E-state index in [2.05, 4.69) is 20.4 Å². The smallest absolute Gasteiger partial charge is 0.239 e. The Labute approximate surface area is 211 Å². The van der Waals surface area contributed by atoms with E-state index in [9.17, 15) is 13.6 Å². The van der Waals surface area contributed by atoms with Crippen LogP contribution in [0.25, 0.3) is 10.9 Å². The highest BCUT2D eigenvalue weighted by Crippen LogP contribution is 2.39. The Morgan fingerprint density at radius 2 is 2.11 bits per heavy atom. The molecule has 0 unspecified atom stereocenters. The van der Waals surface area contributed by atoms with Gasteiger partial charge in [-0.15, -0.1) is 0 Å². The minimum Gasteiger partial charge on any atom is -0.493 e. The van der Waals surface area contributed by atoms with Crippen molar-refractivity contribution in [2.75, 3.05) is 24.7 Å². The Bertz CT molecular complexity index is 1380. The number of carbonyl (C=O) groups is 1. The van der Waals surface area contributed by atoms with Crippen LogP contribution in [-0.2, 0) is 11.3 Å². The highest BCUT2D eigenvalue weighted by Gasteiger charge is 2.23. The molecule has 194 valence electrons. The quantitative estimate of drug-likeness (QED) is 0.248. The van der Waals surface area contributed by atoms with Crippen LogP contribution in [0.4, 0.5) is 26.0 Å². The third-order valence-electron chi connectivity index (χ3n) is 5.52. The number of rotatable bonds is 12. The topological polar surface area (TPSA) is 131 Å². The minimum absolute atomic E-state index is 0.0181. The van der Waals surface area contributed by atoms with Crippen molar-refractivity contribution in [2.45, 2.75) is 25.9 Å². The molecule has 4 rings (SSSR count). The molecule has 0 spiro atoms. The first-order valence-corrected chi connectivity index (χ1v) is 11.6. The lowest BCUT2D eigenvalue weighted by molar-refractivity contribution is -0.118. The molecule has 0 aliphatic rings. The van der Waals surface area contributed by atoms with E-state index in [1.807, 2.05) is 6.92 Å². The number of hydrogen-bond acceptors (Lipinski definition) is 8. The summed E-state index contributed by atoms with van der Waals surface area (Å²) in [5, 5.41) is 16.9. The maximum Gasteiger partial charge on any atom is 0.239 e. The van der Waals surface area contributed by atoms with Gasteiger partial charge in [0.1, 0.15) is 24.4 Å². The summed E-state index contributed by atoms with van der Waals surface area (Å²) in [6.07, 6.45) is 4.95. The number of hydrogen-bond donors (Lipinski definition) is 3. The van der Waals surface area contributed by atoms with E-state index in [0.29, 0.717) is 35.5 Å². The SMILES string of the molecule is C[C@@H](CO)NCCCOc1ccc2c(N(c3cnn(CC(N)=O)c3)c3cccc(F)c3F)ncnc2c1. The Morgan fingerprint density at radius 1 is 1.27 bits per heavy atom. The number of amides is 1. The van der Waals surface area contributed by atoms with E-state index >= 15 is 0 Å². The van der Waals surface area contributed by atoms with Crippen LogP contribution >= 0.6 is 0 Å². The number of benzene rings is 2. The van der Waals surface area contributed by atoms with Crippen molar-refractivity contribution < 1.29 is 23.4 Å². The molecule has 37 heavy (non-hydrogen) atoms. The van der Waals surface area contributed by atoms with E-state index in [0.717, 1.165) is 12.5 Å². The Balaban J connectivity index is 1.67. The van der Waals surface area contributed by atoms with Gasteiger partial charge >= 0.3 is 0 Å². The number of aliphatic hydroxyl groups is 1. The highest BCUT2D eigenvalue weighted by atomic mass is 19.2. The van der Waals surface area contributed by atoms with Crippen molar-refractivity contribution in [3.63, 3.8) is 0 Å². The first kappa shape index (κ1) is 25.9. The van der Waals surface area contributed by atoms with Gasteiger partial charge in [0.25, 0.3) is 0 Å². The molecule has 0 saturated carbocycles. The fourth-order valence-corrected chi connectivity index (χ4v) is 3.72. The van der Waals surface area contributed by atoms with Gasteiger partial charge in [0.05, 0.1) is 36.3 Å². The monoisotopic (exact) mass is 511 g/mol. The molecule has 0 fully saturated rings. The summed E-state index contributed by atoms with van der Waals surface area (Å²) in [4.78, 5) is 21.4. The van der Waals surface area contributed by atoms with Crippen molar-refractivity contribution >= 4 is 34.0 Å². The van der Waals surface area contributed by atoms with Crippen molar-refractivity contribution in [3.05, 3.63) is 66.8 Å². The molecule has 0 radical (unpaired) electrons. The van der Waals surface area contributed by atoms with E-state index in [1.54, 1.807) is 18.2 Å². The van der Waals surface area contributed by atoms with E-state index < -0.39 is 17.5 Å². The average Bonchev–Trinajstić information content (AvgIpc) is 3.33. The molecule has 0 aliphatic heterocycles. The molecule has 1 atom stereocenters. The van der Waals surface area contributed by atoms with Crippen LogP contribution in [0, 0.1) is 11.6 Å². The van der Waals surface area contributed by atoms with Crippen LogP contribution in [0.5, 0.6) is 5.75 Å². The van der Waals surface area contributed by atoms with Crippen LogP contribution in [0.1, 0.15) is 13.3 Å². The standard InChI is InChI=1S/C25H27F2N7O3/c1-16(14-35)29-8-3-9-37-18-6-7-19-21(10-18)30-15-31-25(19)34(22-5-2-4-20(26)24(22)27)17-11-32-33(12-17)13-23(28)36/h2,4-7,10-12,15-16,29,35H,3,8-9,13-14H2,1H3,(H2,28,36)/t16-/m0/s1. The Morgan fingerprint density at radius 3 is 2.89 bits per heavy atom. The number of carbonyl (C=O) groups excluding carboxylic acids is 1. The van der Waals surface area contributed by atoms with E-state index in [4.69, 9.17) is 15.6 Å². The van der Waals surface area contributed by atoms with Gasteiger partial charge in [0.15, 0.2) is 11.6 Å². The Kier molecular flexibility index (Phi) is 8.21. The van der Waals surface area contributed by atoms with Crippen molar-refractivity contribution in [2.24, 2.45) is 5.73 Å². The molecule has 0 bridgehead atoms. The number of nitrogens with two attached hydrogens (primary N) is 1. The highest BCUT2D eigenvalue weighted by molar-refractivity contribution is 5.95. The number of aliphatic hydroxyl groups excluding tert-OH is 1. The second-order valence-corrected chi connectivity index (χ2v) is 8.39. The number of ether oxygens (including phenoxy) is 1. The predicted octanol–water partition coefficient (Wildman–Crippen LogP) is 2.80. The van der Waals surface area contributed by atoms with Crippen LogP contribution in [0.3, 0.4) is 0 Å². The summed E-state index contributed by atoms with van der Waals surface area (Å²) >= 11 is 0. The van der Waals surface area contributed by atoms with Crippen LogP contribution in [0.2, 0.25) is 0 Å². The average molecular weight is 512 g/mol. The summed E-state index contributed by atoms with van der Waals surface area (Å²) in [5.41, 5.74) is 6.04. The molecule has 0 saturated heterocycles. The zero-order valence-electron chi connectivity index (χ0n) is 20.1. The normalized spacial score (nSPS) is 12.0. The number of fused-ring (bicyclic) bond motifs is 1. The second kappa shape index (κ2) is 11.7. The molecule has 4 aromatic rings. The number of nitrogens with zero attached hydrogens (tertiary/aromatic N) is 5. The molecule has 2 aromatic heterocycles. The van der Waals surface area contributed by atoms with Gasteiger partial charge in [0, 0.05) is 23.7 Å². The molecule has 10 nitrogen and oxygen atoms in total. The summed E-state index contributed by atoms with van der Waals surface area (Å²) < 4.78 is 36.3. The van der Waals surface area contributed by atoms with Gasteiger partial charge < -0.3 is 20.9 Å². The van der Waals surface area contributed by atoms with Crippen molar-refractivity contribution in [3.8, 4) is 5.75 Å². The molecule has 1 amide bonds. The van der Waals surface area contributed by atoms with Gasteiger partial charge in [-0.1, -0.05) is 6.07 Å². The van der Waals surface area contributed by atoms with Gasteiger partial charge in [-0.3, -0.25) is 14.4 Å². The van der Waals surface area contributed by atoms with Gasteiger partial charge in [-0.25, -0.2) is 18.7 Å². The molecular formula is C25H27F2N7O3. The van der Waals surface area contributed by atoms with Crippen LogP contribution < -0.4 is 20.7 Å². The van der Waals surface area contributed by atoms with E-state index in [-0.39, 0.29) is 30.7 Å². The zero-order valence-corrected chi connectivity index (χ0v) is 20.1. The summed E-state index contributed by atoms with van der Waals surface area (Å²) in [6, 6.07) is 9.07. The van der Waals surface area contributed by atoms with Crippen LogP contribution in [0.15, 0.2) is 55.1 Å². The van der Waals surface area contributed by atoms with Gasteiger partial charge in [0.2, 0.25) is 5.91 Å². The second-order valence-electron chi connectivity index (χ2n) is 8.39. The number of aromatic nitrogens is 4. The number of anilines is 3. The third kappa shape index (κ3) is 6.16. The fourth-order valence-electron chi connectivity index (χ4n) is 3.72. The molecule has 12 heteroatoms. The first-order valence-electron chi connectivity index (χ1n) is 11.6. The molecule has 4 N–H and O–H groups in total. The largest absolute Gasteiger partial charge is 0.493 e. The minimum atomic E-state index is -1.07. The van der Waals surface area contributed by atoms with E-state index in [1.165, 1.54) is 40.4 Å². The lowest BCUT2D eigenvalue weighted by Crippen LogP contribution is -2.30. The maximum absolute atomic E-state index is 15.0. The molecular weight excluding hydrogens is 484 g/mol. The molecule has 2 aromatic carbocycles. The van der Waals surface area contributed by atoms with Gasteiger partial charge in [-0.2, -0.15) is 5.10 Å². The number of nitrogens with one attached hydrogen (secondary N) is 1. The van der Waals surface area contributed by atoms with Crippen molar-refractivity contribution in [1.82, 2.24) is 25.1 Å². The third-order valence-corrected chi connectivity index (χ3v) is 5.52. The van der Waals surface area contributed by atoms with Crippen molar-refractivity contribution in [1.29, 1.82) is 0 Å². The molecule has 0 aliphatic carbocycles. The molecule has 2 heterocycles. The number of halogens is 2. The predicted molar refractivity (Wildman–Crippen MR) is 134 cm³/mol. The zero-order chi connectivity index (χ0) is 26.4. The summed E-state index contributed by atoms with van der Waals surface area (Å²) in [5.74, 6) is -1.83. The first-order chi connectivity index (χ1) is 17.9. The number of primary amides is 1. The lowest BCUT2D eigenvalue weighted by Gasteiger charge is -2.24. The van der Waals surface area contributed by atoms with Crippen LogP contribution in [-0.4, -0.2) is 56.6 Å². The Hall–Kier alpha value is -4.16. The van der Waals surface area contributed by atoms with Gasteiger partial charge in [-0.05, 0) is 44.2 Å². The maximum atomic E-state index is 15.0.